The predicted octanol–water partition coefficient (Wildman–Crippen LogP) is 3.27. The lowest BCUT2D eigenvalue weighted by molar-refractivity contribution is 0.0913. The summed E-state index contributed by atoms with van der Waals surface area (Å²) in [6, 6.07) is 10.9. The highest BCUT2D eigenvalue weighted by Crippen LogP contribution is 2.16. The molecule has 2 rings (SSSR count). The summed E-state index contributed by atoms with van der Waals surface area (Å²) in [4.78, 5) is 11.9. The van der Waals surface area contributed by atoms with Crippen molar-refractivity contribution in [3.05, 3.63) is 52.7 Å². The van der Waals surface area contributed by atoms with Crippen LogP contribution in [-0.4, -0.2) is 21.6 Å². The van der Waals surface area contributed by atoms with Gasteiger partial charge >= 0.3 is 0 Å². The van der Waals surface area contributed by atoms with E-state index in [9.17, 15) is 4.79 Å². The van der Waals surface area contributed by atoms with Crippen molar-refractivity contribution in [3.8, 4) is 0 Å². The Balaban J connectivity index is 1.98. The summed E-state index contributed by atoms with van der Waals surface area (Å²) < 4.78 is 0. The Morgan fingerprint density at radius 2 is 1.86 bits per heavy atom. The third-order valence-electron chi connectivity index (χ3n) is 2.80. The minimum absolute atomic E-state index is 0.238. The van der Waals surface area contributed by atoms with Crippen molar-refractivity contribution >= 4 is 23.3 Å². The minimum Gasteiger partial charge on any atom is -0.364 e. The number of nitrogens with one attached hydrogen (secondary N) is 2. The van der Waals surface area contributed by atoms with Crippen LogP contribution in [0.5, 0.6) is 0 Å². The van der Waals surface area contributed by atoms with E-state index in [1.807, 2.05) is 45.0 Å². The van der Waals surface area contributed by atoms with Gasteiger partial charge in [0.05, 0.1) is 0 Å². The second-order valence-electron chi connectivity index (χ2n) is 5.95. The van der Waals surface area contributed by atoms with Crippen molar-refractivity contribution in [2.24, 2.45) is 0 Å². The molecule has 116 valence electrons. The number of amides is 1. The summed E-state index contributed by atoms with van der Waals surface area (Å²) in [6.45, 7) is 6.29. The third kappa shape index (κ3) is 4.70. The summed E-state index contributed by atoms with van der Waals surface area (Å²) >= 11 is 6.09. The maximum Gasteiger partial charge on any atom is 0.272 e. The highest BCUT2D eigenvalue weighted by Gasteiger charge is 2.16. The Labute approximate surface area is 135 Å². The van der Waals surface area contributed by atoms with Crippen LogP contribution in [0.25, 0.3) is 0 Å². The van der Waals surface area contributed by atoms with Gasteiger partial charge in [-0.1, -0.05) is 29.8 Å². The van der Waals surface area contributed by atoms with E-state index in [2.05, 4.69) is 20.8 Å². The van der Waals surface area contributed by atoms with Gasteiger partial charge in [0.1, 0.15) is 5.82 Å². The van der Waals surface area contributed by atoms with Crippen molar-refractivity contribution in [1.29, 1.82) is 0 Å². The molecule has 0 saturated heterocycles. The van der Waals surface area contributed by atoms with Gasteiger partial charge in [0, 0.05) is 17.1 Å². The second kappa shape index (κ2) is 6.75. The molecule has 0 aliphatic carbocycles. The van der Waals surface area contributed by atoms with Crippen LogP contribution < -0.4 is 10.6 Å². The molecule has 0 spiro atoms. The first-order valence-corrected chi connectivity index (χ1v) is 7.36. The highest BCUT2D eigenvalue weighted by molar-refractivity contribution is 6.31. The van der Waals surface area contributed by atoms with Crippen molar-refractivity contribution in [1.82, 2.24) is 15.5 Å². The van der Waals surface area contributed by atoms with E-state index in [4.69, 9.17) is 11.6 Å². The molecule has 1 amide bonds. The van der Waals surface area contributed by atoms with Gasteiger partial charge in [-0.3, -0.25) is 4.79 Å². The van der Waals surface area contributed by atoms with Crippen LogP contribution in [0.4, 0.5) is 5.82 Å². The molecular weight excluding hydrogens is 300 g/mol. The van der Waals surface area contributed by atoms with E-state index in [1.165, 1.54) is 0 Å². The quantitative estimate of drug-likeness (QED) is 0.908. The van der Waals surface area contributed by atoms with Gasteiger partial charge in [0.15, 0.2) is 5.69 Å². The predicted molar refractivity (Wildman–Crippen MR) is 88.0 cm³/mol. The molecule has 1 aromatic carbocycles. The molecular formula is C16H19ClN4O. The van der Waals surface area contributed by atoms with Gasteiger partial charge in [-0.05, 0) is 44.5 Å². The Morgan fingerprint density at radius 3 is 2.45 bits per heavy atom. The fraction of sp³-hybridized carbons (Fsp3) is 0.312. The summed E-state index contributed by atoms with van der Waals surface area (Å²) in [5, 5.41) is 14.6. The van der Waals surface area contributed by atoms with Crippen LogP contribution in [-0.2, 0) is 6.54 Å². The topological polar surface area (TPSA) is 66.9 Å². The van der Waals surface area contributed by atoms with Gasteiger partial charge in [-0.15, -0.1) is 10.2 Å². The van der Waals surface area contributed by atoms with Crippen molar-refractivity contribution in [2.75, 3.05) is 5.32 Å². The number of hydrogen-bond donors (Lipinski definition) is 2. The van der Waals surface area contributed by atoms with E-state index in [1.54, 1.807) is 12.1 Å². The lowest BCUT2D eigenvalue weighted by Gasteiger charge is -2.19. The molecule has 2 aromatic rings. The van der Waals surface area contributed by atoms with Crippen LogP contribution in [0.1, 0.15) is 36.8 Å². The van der Waals surface area contributed by atoms with Gasteiger partial charge in [0.25, 0.3) is 5.91 Å². The molecule has 0 fully saturated rings. The molecule has 1 heterocycles. The number of benzene rings is 1. The Hall–Kier alpha value is -2.14. The van der Waals surface area contributed by atoms with Crippen LogP contribution in [0, 0.1) is 0 Å². The molecule has 0 radical (unpaired) electrons. The number of rotatable bonds is 4. The average molecular weight is 319 g/mol. The van der Waals surface area contributed by atoms with Crippen molar-refractivity contribution in [3.63, 3.8) is 0 Å². The molecule has 0 saturated carbocycles. The zero-order chi connectivity index (χ0) is 16.2. The van der Waals surface area contributed by atoms with Gasteiger partial charge in [0.2, 0.25) is 0 Å². The number of aromatic nitrogens is 2. The normalized spacial score (nSPS) is 11.1. The number of carbonyl (C=O) groups is 1. The maximum absolute atomic E-state index is 11.9. The lowest BCUT2D eigenvalue weighted by atomic mass is 10.1. The number of nitrogens with zero attached hydrogens (tertiary/aromatic N) is 2. The average Bonchev–Trinajstić information content (AvgIpc) is 2.45. The molecule has 1 aromatic heterocycles. The largest absolute Gasteiger partial charge is 0.364 e. The molecule has 22 heavy (non-hydrogen) atoms. The molecule has 0 aliphatic heterocycles. The van der Waals surface area contributed by atoms with Gasteiger partial charge < -0.3 is 10.6 Å². The first-order valence-electron chi connectivity index (χ1n) is 6.99. The summed E-state index contributed by atoms with van der Waals surface area (Å²) in [5.74, 6) is 0.352. The van der Waals surface area contributed by atoms with Crippen molar-refractivity contribution < 1.29 is 4.79 Å². The molecule has 0 aliphatic rings. The van der Waals surface area contributed by atoms with Crippen LogP contribution in [0.15, 0.2) is 36.4 Å². The number of hydrogen-bond acceptors (Lipinski definition) is 4. The van der Waals surface area contributed by atoms with E-state index >= 15 is 0 Å². The fourth-order valence-electron chi connectivity index (χ4n) is 1.78. The smallest absolute Gasteiger partial charge is 0.272 e. The number of anilines is 1. The van der Waals surface area contributed by atoms with E-state index in [0.29, 0.717) is 23.1 Å². The third-order valence-corrected chi connectivity index (χ3v) is 3.17. The second-order valence-corrected chi connectivity index (χ2v) is 6.36. The monoisotopic (exact) mass is 318 g/mol. The summed E-state index contributed by atoms with van der Waals surface area (Å²) in [7, 11) is 0. The fourth-order valence-corrected chi connectivity index (χ4v) is 1.98. The van der Waals surface area contributed by atoms with E-state index in [-0.39, 0.29) is 11.4 Å². The number of carbonyl (C=O) groups excluding carboxylic acids is 1. The summed E-state index contributed by atoms with van der Waals surface area (Å²) in [5.41, 5.74) is 0.957. The maximum atomic E-state index is 11.9. The molecule has 0 unspecified atom stereocenters. The summed E-state index contributed by atoms with van der Waals surface area (Å²) in [6.07, 6.45) is 0. The first-order chi connectivity index (χ1) is 10.3. The Morgan fingerprint density at radius 1 is 1.14 bits per heavy atom. The number of halogens is 1. The zero-order valence-corrected chi connectivity index (χ0v) is 13.6. The Bertz CT molecular complexity index is 650. The minimum atomic E-state index is -0.306. The van der Waals surface area contributed by atoms with Gasteiger partial charge in [-0.2, -0.15) is 0 Å². The zero-order valence-electron chi connectivity index (χ0n) is 12.9. The van der Waals surface area contributed by atoms with E-state index < -0.39 is 0 Å². The standard InChI is InChI=1S/C16H19ClN4O/c1-16(2,3)19-15(22)13-8-9-14(21-20-13)18-10-11-6-4-5-7-12(11)17/h4-9H,10H2,1-3H3,(H,18,21)(H,19,22). The van der Waals surface area contributed by atoms with Crippen LogP contribution in [0.2, 0.25) is 5.02 Å². The van der Waals surface area contributed by atoms with Gasteiger partial charge in [-0.25, -0.2) is 0 Å². The lowest BCUT2D eigenvalue weighted by Crippen LogP contribution is -2.41. The molecule has 0 bridgehead atoms. The molecule has 6 heteroatoms. The Kier molecular flexibility index (Phi) is 4.98. The molecule has 0 atom stereocenters. The van der Waals surface area contributed by atoms with E-state index in [0.717, 1.165) is 5.56 Å². The van der Waals surface area contributed by atoms with Crippen LogP contribution in [0.3, 0.4) is 0 Å². The van der Waals surface area contributed by atoms with Crippen LogP contribution >= 0.6 is 11.6 Å². The van der Waals surface area contributed by atoms with Crippen molar-refractivity contribution in [2.45, 2.75) is 32.9 Å². The highest BCUT2D eigenvalue weighted by atomic mass is 35.5. The SMILES string of the molecule is CC(C)(C)NC(=O)c1ccc(NCc2ccccc2Cl)nn1. The first kappa shape index (κ1) is 16.2. The molecule has 2 N–H and O–H groups in total. The molecule has 5 nitrogen and oxygen atoms in total.